The van der Waals surface area contributed by atoms with Gasteiger partial charge in [-0.25, -0.2) is 0 Å². The highest BCUT2D eigenvalue weighted by atomic mass is 35.5. The predicted molar refractivity (Wildman–Crippen MR) is 63.6 cm³/mol. The Morgan fingerprint density at radius 3 is 2.88 bits per heavy atom. The number of nitriles is 1. The maximum atomic E-state index is 11.6. The molecule has 0 saturated carbocycles. The summed E-state index contributed by atoms with van der Waals surface area (Å²) in [5.74, 6) is -0.273. The second kappa shape index (κ2) is 6.37. The van der Waals surface area contributed by atoms with Gasteiger partial charge in [0.1, 0.15) is 0 Å². The summed E-state index contributed by atoms with van der Waals surface area (Å²) < 4.78 is 0. The Morgan fingerprint density at radius 1 is 1.44 bits per heavy atom. The Hall–Kier alpha value is -1.24. The molecule has 0 saturated heterocycles. The van der Waals surface area contributed by atoms with E-state index in [2.05, 4.69) is 5.32 Å². The molecule has 0 spiro atoms. The zero-order valence-corrected chi connectivity index (χ0v) is 9.98. The van der Waals surface area contributed by atoms with Gasteiger partial charge < -0.3 is 5.32 Å². The van der Waals surface area contributed by atoms with Gasteiger partial charge in [0, 0.05) is 18.0 Å². The van der Waals surface area contributed by atoms with Crippen LogP contribution in [0, 0.1) is 11.3 Å². The van der Waals surface area contributed by atoms with Crippen LogP contribution in [0.4, 0.5) is 0 Å². The van der Waals surface area contributed by atoms with Crippen molar-refractivity contribution in [2.45, 2.75) is 12.8 Å². The first kappa shape index (κ1) is 12.8. The van der Waals surface area contributed by atoms with Crippen LogP contribution in [0.5, 0.6) is 0 Å². The van der Waals surface area contributed by atoms with Gasteiger partial charge >= 0.3 is 0 Å². The van der Waals surface area contributed by atoms with E-state index in [9.17, 15) is 4.79 Å². The molecule has 84 valence electrons. The number of hydrogen-bond acceptors (Lipinski definition) is 2. The van der Waals surface area contributed by atoms with Crippen molar-refractivity contribution in [3.63, 3.8) is 0 Å². The SMILES string of the molecule is N#CCCCNC(=O)c1cc(Cl)ccc1Cl. The lowest BCUT2D eigenvalue weighted by Crippen LogP contribution is -2.24. The third-order valence-corrected chi connectivity index (χ3v) is 2.49. The Morgan fingerprint density at radius 2 is 2.19 bits per heavy atom. The van der Waals surface area contributed by atoms with Gasteiger partial charge in [0.15, 0.2) is 0 Å². The second-order valence-corrected chi connectivity index (χ2v) is 3.99. The molecule has 1 rings (SSSR count). The van der Waals surface area contributed by atoms with Gasteiger partial charge in [0.05, 0.1) is 16.7 Å². The van der Waals surface area contributed by atoms with Crippen LogP contribution in [0.1, 0.15) is 23.2 Å². The molecule has 0 heterocycles. The van der Waals surface area contributed by atoms with Crippen molar-refractivity contribution in [3.05, 3.63) is 33.8 Å². The average Bonchev–Trinajstić information content (AvgIpc) is 2.27. The molecule has 1 aromatic rings. The van der Waals surface area contributed by atoms with E-state index in [1.165, 1.54) is 6.07 Å². The quantitative estimate of drug-likeness (QED) is 0.843. The Bertz CT molecular complexity index is 426. The predicted octanol–water partition coefficient (Wildman–Crippen LogP) is 3.03. The molecule has 1 amide bonds. The highest BCUT2D eigenvalue weighted by molar-refractivity contribution is 6.35. The van der Waals surface area contributed by atoms with E-state index in [1.807, 2.05) is 6.07 Å². The van der Waals surface area contributed by atoms with Gasteiger partial charge in [-0.1, -0.05) is 23.2 Å². The summed E-state index contributed by atoms with van der Waals surface area (Å²) in [7, 11) is 0. The highest BCUT2D eigenvalue weighted by Crippen LogP contribution is 2.20. The molecule has 0 unspecified atom stereocenters. The third kappa shape index (κ3) is 3.73. The summed E-state index contributed by atoms with van der Waals surface area (Å²) in [6, 6.07) is 6.72. The summed E-state index contributed by atoms with van der Waals surface area (Å²) >= 11 is 11.6. The monoisotopic (exact) mass is 256 g/mol. The molecule has 16 heavy (non-hydrogen) atoms. The Labute approximate surface area is 104 Å². The van der Waals surface area contributed by atoms with Crippen LogP contribution in [-0.2, 0) is 0 Å². The largest absolute Gasteiger partial charge is 0.352 e. The number of hydrogen-bond donors (Lipinski definition) is 1. The van der Waals surface area contributed by atoms with Crippen molar-refractivity contribution in [2.75, 3.05) is 6.54 Å². The normalized spacial score (nSPS) is 9.56. The van der Waals surface area contributed by atoms with E-state index in [0.29, 0.717) is 35.0 Å². The number of carbonyl (C=O) groups is 1. The van der Waals surface area contributed by atoms with E-state index < -0.39 is 0 Å². The third-order valence-electron chi connectivity index (χ3n) is 1.92. The van der Waals surface area contributed by atoms with Crippen LogP contribution in [0.25, 0.3) is 0 Å². The van der Waals surface area contributed by atoms with E-state index in [-0.39, 0.29) is 5.91 Å². The second-order valence-electron chi connectivity index (χ2n) is 3.14. The van der Waals surface area contributed by atoms with Crippen LogP contribution < -0.4 is 5.32 Å². The van der Waals surface area contributed by atoms with Crippen LogP contribution in [0.15, 0.2) is 18.2 Å². The van der Waals surface area contributed by atoms with Gasteiger partial charge in [0.25, 0.3) is 5.91 Å². The van der Waals surface area contributed by atoms with Crippen LogP contribution in [0.3, 0.4) is 0 Å². The van der Waals surface area contributed by atoms with E-state index in [1.54, 1.807) is 12.1 Å². The number of rotatable bonds is 4. The van der Waals surface area contributed by atoms with Crippen molar-refractivity contribution in [1.82, 2.24) is 5.32 Å². The van der Waals surface area contributed by atoms with Gasteiger partial charge in [-0.3, -0.25) is 4.79 Å². The average molecular weight is 257 g/mol. The number of unbranched alkanes of at least 4 members (excludes halogenated alkanes) is 1. The van der Waals surface area contributed by atoms with Crippen molar-refractivity contribution in [1.29, 1.82) is 5.26 Å². The molecule has 1 aromatic carbocycles. The molecule has 0 aliphatic rings. The summed E-state index contributed by atoms with van der Waals surface area (Å²) in [5, 5.41) is 11.8. The van der Waals surface area contributed by atoms with Crippen molar-refractivity contribution < 1.29 is 4.79 Å². The van der Waals surface area contributed by atoms with E-state index in [4.69, 9.17) is 28.5 Å². The summed E-state index contributed by atoms with van der Waals surface area (Å²) in [6.07, 6.45) is 1.05. The minimum Gasteiger partial charge on any atom is -0.352 e. The van der Waals surface area contributed by atoms with E-state index in [0.717, 1.165) is 0 Å². The molecule has 0 atom stereocenters. The number of amides is 1. The number of nitrogens with zero attached hydrogens (tertiary/aromatic N) is 1. The minimum absolute atomic E-state index is 0.273. The Kier molecular flexibility index (Phi) is 5.10. The first-order valence-corrected chi connectivity index (χ1v) is 5.51. The first-order chi connectivity index (χ1) is 7.65. The number of carbonyl (C=O) groups excluding carboxylic acids is 1. The van der Waals surface area contributed by atoms with Gasteiger partial charge in [-0.2, -0.15) is 5.26 Å². The topological polar surface area (TPSA) is 52.9 Å². The molecule has 0 aliphatic heterocycles. The fourth-order valence-electron chi connectivity index (χ4n) is 1.14. The number of benzene rings is 1. The fraction of sp³-hybridized carbons (Fsp3) is 0.273. The van der Waals surface area contributed by atoms with Crippen molar-refractivity contribution >= 4 is 29.1 Å². The number of halogens is 2. The maximum Gasteiger partial charge on any atom is 0.252 e. The lowest BCUT2D eigenvalue weighted by molar-refractivity contribution is 0.0953. The molecule has 3 nitrogen and oxygen atoms in total. The molecule has 5 heteroatoms. The van der Waals surface area contributed by atoms with Crippen LogP contribution >= 0.6 is 23.2 Å². The summed E-state index contributed by atoms with van der Waals surface area (Å²) in [4.78, 5) is 11.6. The smallest absolute Gasteiger partial charge is 0.252 e. The highest BCUT2D eigenvalue weighted by Gasteiger charge is 2.09. The molecule has 0 aliphatic carbocycles. The van der Waals surface area contributed by atoms with Gasteiger partial charge in [-0.05, 0) is 24.6 Å². The van der Waals surface area contributed by atoms with Crippen molar-refractivity contribution in [2.24, 2.45) is 0 Å². The zero-order chi connectivity index (χ0) is 12.0. The van der Waals surface area contributed by atoms with Crippen LogP contribution in [-0.4, -0.2) is 12.5 Å². The van der Waals surface area contributed by atoms with Crippen LogP contribution in [0.2, 0.25) is 10.0 Å². The molecule has 0 aromatic heterocycles. The standard InChI is InChI=1S/C11H10Cl2N2O/c12-8-3-4-10(13)9(7-8)11(16)15-6-2-1-5-14/h3-4,7H,1-2,6H2,(H,15,16). The van der Waals surface area contributed by atoms with Gasteiger partial charge in [-0.15, -0.1) is 0 Å². The molecule has 0 fully saturated rings. The minimum atomic E-state index is -0.273. The molecular weight excluding hydrogens is 247 g/mol. The maximum absolute atomic E-state index is 11.6. The summed E-state index contributed by atoms with van der Waals surface area (Å²) in [6.45, 7) is 0.454. The zero-order valence-electron chi connectivity index (χ0n) is 8.46. The summed E-state index contributed by atoms with van der Waals surface area (Å²) in [5.41, 5.74) is 0.353. The van der Waals surface area contributed by atoms with E-state index >= 15 is 0 Å². The molecule has 1 N–H and O–H groups in total. The van der Waals surface area contributed by atoms with Crippen molar-refractivity contribution in [3.8, 4) is 6.07 Å². The number of nitrogens with one attached hydrogen (secondary N) is 1. The molecule has 0 radical (unpaired) electrons. The Balaban J connectivity index is 2.59. The fourth-order valence-corrected chi connectivity index (χ4v) is 1.51. The van der Waals surface area contributed by atoms with Gasteiger partial charge in [0.2, 0.25) is 0 Å². The first-order valence-electron chi connectivity index (χ1n) is 4.75. The molecule has 0 bridgehead atoms. The molecular formula is C11H10Cl2N2O. The lowest BCUT2D eigenvalue weighted by Gasteiger charge is -2.05. The lowest BCUT2D eigenvalue weighted by atomic mass is 10.2.